The Kier molecular flexibility index (Phi) is 72.6. The number of nitrogens with two attached hydrogens (primary N) is 8. The second-order valence-corrected chi connectivity index (χ2v) is 30.7. The Morgan fingerprint density at radius 1 is 0.320 bits per heavy atom. The zero-order chi connectivity index (χ0) is 92.9. The third-order valence-corrected chi connectivity index (χ3v) is 19.7. The molecule has 710 valence electrons. The van der Waals surface area contributed by atoms with Crippen molar-refractivity contribution in [2.24, 2.45) is 45.9 Å². The minimum Gasteiger partial charge on any atom is -0.466 e. The van der Waals surface area contributed by atoms with Crippen LogP contribution in [0.1, 0.15) is 98.5 Å². The molecule has 30 N–H and O–H groups in total. The molecule has 13 amide bonds. The van der Waals surface area contributed by atoms with Crippen molar-refractivity contribution in [3.63, 3.8) is 0 Å². The summed E-state index contributed by atoms with van der Waals surface area (Å²) in [5.74, 6) is -3.12. The van der Waals surface area contributed by atoms with Crippen molar-refractivity contribution in [2.45, 2.75) is 95.4 Å². The number of carbonyl (C=O) groups is 14. The second kappa shape index (κ2) is 78.3. The first-order valence-corrected chi connectivity index (χ1v) is 45.0. The molecule has 43 nitrogen and oxygen atoms in total. The number of aryl methyl sites for hydroxylation is 1. The molecule has 0 aliphatic carbocycles. The van der Waals surface area contributed by atoms with E-state index in [1.165, 1.54) is 12.7 Å². The van der Waals surface area contributed by atoms with E-state index >= 15 is 0 Å². The van der Waals surface area contributed by atoms with Gasteiger partial charge in [0.2, 0.25) is 70.9 Å². The Labute approximate surface area is 745 Å². The summed E-state index contributed by atoms with van der Waals surface area (Å²) < 4.78 is 4.14. The number of nitrogens with one attached hydrogen (secondary N) is 14. The molecule has 0 aromatic heterocycles. The van der Waals surface area contributed by atoms with Gasteiger partial charge < -0.3 is 135 Å². The highest BCUT2D eigenvalue weighted by molar-refractivity contribution is 8.76. The molecule has 45 heteroatoms. The topological polar surface area (TPSA) is 644 Å². The quantitative estimate of drug-likeness (QED) is 0.00962. The van der Waals surface area contributed by atoms with E-state index < -0.39 is 5.97 Å². The van der Waals surface area contributed by atoms with E-state index in [1.54, 1.807) is 43.5 Å². The van der Waals surface area contributed by atoms with Gasteiger partial charge in [-0.05, 0) is 43.0 Å². The van der Waals surface area contributed by atoms with Gasteiger partial charge in [-0.2, -0.15) is 0 Å². The Bertz CT molecular complexity index is 3130. The Morgan fingerprint density at radius 3 is 0.784 bits per heavy atom. The SMILES string of the molecule is C=CC(=O)OC.CSSc1ccc(C(=O)NCCN(CCC(=O)NCN(CCC(=O)NCCN)CCC(=O)NCCN)CCC(=O)NCN(CCC(=O)NCCN)CCC(=O)NCCN)cc1.Cc1ccc(CNCCN(CCC(=O)NCN(CCC(=O)NCCN)CCC(=O)NCCN)CCC(=O)NCN(CCC(=O)NCCN)CCC(=O)NCCN)cc1. The summed E-state index contributed by atoms with van der Waals surface area (Å²) in [5, 5.41) is 39.7. The smallest absolute Gasteiger partial charge is 0.329 e. The van der Waals surface area contributed by atoms with Gasteiger partial charge in [0.1, 0.15) is 0 Å². The third-order valence-electron chi connectivity index (χ3n) is 18.0. The predicted molar refractivity (Wildman–Crippen MR) is 486 cm³/mol. The molecule has 2 aromatic rings. The third kappa shape index (κ3) is 67.8. The van der Waals surface area contributed by atoms with E-state index in [4.69, 9.17) is 45.9 Å². The number of methoxy groups -OCH3 is 1. The fourth-order valence-electron chi connectivity index (χ4n) is 10.9. The summed E-state index contributed by atoms with van der Waals surface area (Å²) >= 11 is 0. The molecule has 0 saturated heterocycles. The first kappa shape index (κ1) is 116. The van der Waals surface area contributed by atoms with Crippen molar-refractivity contribution >= 4 is 104 Å². The highest BCUT2D eigenvalue weighted by Gasteiger charge is 2.21. The first-order chi connectivity index (χ1) is 60.2. The van der Waals surface area contributed by atoms with Crippen LogP contribution in [0.4, 0.5) is 0 Å². The molecule has 0 fully saturated rings. The van der Waals surface area contributed by atoms with Gasteiger partial charge in [0.05, 0.1) is 33.8 Å². The van der Waals surface area contributed by atoms with Gasteiger partial charge in [-0.1, -0.05) is 58.0 Å². The lowest BCUT2D eigenvalue weighted by molar-refractivity contribution is -0.135. The number of rotatable bonds is 72. The van der Waals surface area contributed by atoms with Crippen LogP contribution in [0.15, 0.2) is 66.1 Å². The minimum absolute atomic E-state index is 0.0676. The lowest BCUT2D eigenvalue weighted by Crippen LogP contribution is -2.44. The van der Waals surface area contributed by atoms with Crippen LogP contribution in [0.25, 0.3) is 0 Å². The standard InChI is InChI=1S/C38H70N14O7S2.C38H72N14O6.C4H6O2/c1-60-61-31-4-2-30(3-5-31)38(59)47-20-27-50(21-6-36(57)48-28-51(23-8-32(53)43-16-12-39)24-9-33(54)44-17-13-40)22-7-37(58)49-29-52(25-10-34(55)45-18-14-41)26-11-35(56)46-19-15-42;1-31-2-4-32(5-3-31)28-43-20-27-50(21-6-37(57)48-29-51(23-8-33(53)44-16-12-39)24-9-34(54)45-17-13-40)22-7-38(58)49-30-52(25-10-35(55)46-18-14-41)26-11-36(56)47-19-15-42;1-3-4(5)6-2/h2-5H,6-29,39-42H2,1H3,(H,43,53)(H,44,54)(H,45,55)(H,46,56)(H,47,59)(H,48,57)(H,49,58);2-5,43H,6-30,39-42H2,1H3,(H,44,53)(H,45,54)(H,46,55)(H,47,56)(H,48,57)(H,49,58);3H,1H2,2H3. The number of carbonyl (C=O) groups excluding carboxylic acids is 14. The maximum absolute atomic E-state index is 13.1. The number of benzene rings is 2. The van der Waals surface area contributed by atoms with Crippen LogP contribution >= 0.6 is 21.6 Å². The van der Waals surface area contributed by atoms with Crippen LogP contribution in [0.5, 0.6) is 0 Å². The largest absolute Gasteiger partial charge is 0.466 e. The molecular weight excluding hydrogens is 1660 g/mol. The van der Waals surface area contributed by atoms with E-state index in [1.807, 2.05) is 44.9 Å². The lowest BCUT2D eigenvalue weighted by Gasteiger charge is -2.25. The van der Waals surface area contributed by atoms with Crippen LogP contribution in [0.3, 0.4) is 0 Å². The van der Waals surface area contributed by atoms with Gasteiger partial charge in [-0.3, -0.25) is 81.9 Å². The summed E-state index contributed by atoms with van der Waals surface area (Å²) in [4.78, 5) is 185. The fourth-order valence-corrected chi connectivity index (χ4v) is 12.2. The molecule has 0 aliphatic heterocycles. The van der Waals surface area contributed by atoms with Gasteiger partial charge >= 0.3 is 5.97 Å². The van der Waals surface area contributed by atoms with Crippen molar-refractivity contribution in [1.82, 2.24) is 104 Å². The van der Waals surface area contributed by atoms with E-state index in [0.29, 0.717) is 202 Å². The van der Waals surface area contributed by atoms with Crippen molar-refractivity contribution in [2.75, 3.05) is 249 Å². The molecule has 2 rings (SSSR count). The van der Waals surface area contributed by atoms with Gasteiger partial charge in [0, 0.05) is 310 Å². The molecule has 0 spiro atoms. The second-order valence-electron chi connectivity index (χ2n) is 28.2. The highest BCUT2D eigenvalue weighted by atomic mass is 33.1. The monoisotopic (exact) mass is 1810 g/mol. The van der Waals surface area contributed by atoms with Gasteiger partial charge in [-0.25, -0.2) is 4.79 Å². The molecule has 0 atom stereocenters. The predicted octanol–water partition coefficient (Wildman–Crippen LogP) is -7.40. The molecule has 0 unspecified atom stereocenters. The number of nitrogens with zero attached hydrogens (tertiary/aromatic N) is 6. The van der Waals surface area contributed by atoms with E-state index in [-0.39, 0.29) is 200 Å². The molecule has 0 radical (unpaired) electrons. The molecule has 0 bridgehead atoms. The van der Waals surface area contributed by atoms with Crippen molar-refractivity contribution < 1.29 is 71.9 Å². The minimum atomic E-state index is -0.394. The summed E-state index contributed by atoms with van der Waals surface area (Å²) in [6, 6.07) is 15.5. The average molecular weight is 1810 g/mol. The van der Waals surface area contributed by atoms with Crippen LogP contribution in [0, 0.1) is 6.92 Å². The normalized spacial score (nSPS) is 10.9. The summed E-state index contributed by atoms with van der Waals surface area (Å²) in [7, 11) is 4.51. The summed E-state index contributed by atoms with van der Waals surface area (Å²) in [6.45, 7) is 17.3. The number of hydrogen-bond donors (Lipinski definition) is 22. The highest BCUT2D eigenvalue weighted by Crippen LogP contribution is 2.28. The number of amides is 13. The number of hydrogen-bond acceptors (Lipinski definition) is 32. The van der Waals surface area contributed by atoms with Crippen LogP contribution < -0.4 is 120 Å². The van der Waals surface area contributed by atoms with Crippen LogP contribution in [-0.2, 0) is 73.6 Å². The Balaban J connectivity index is 0.00000231. The molecule has 0 aliphatic rings. The van der Waals surface area contributed by atoms with Crippen LogP contribution in [-0.4, -0.2) is 362 Å². The maximum atomic E-state index is 13.1. The molecule has 0 saturated carbocycles. The van der Waals surface area contributed by atoms with Gasteiger partial charge in [-0.15, -0.1) is 0 Å². The summed E-state index contributed by atoms with van der Waals surface area (Å²) in [5.41, 5.74) is 46.7. The number of esters is 1. The molecule has 125 heavy (non-hydrogen) atoms. The van der Waals surface area contributed by atoms with Crippen molar-refractivity contribution in [3.05, 3.63) is 77.9 Å². The van der Waals surface area contributed by atoms with Crippen molar-refractivity contribution in [3.8, 4) is 0 Å². The summed E-state index contributed by atoms with van der Waals surface area (Å²) in [6.07, 6.45) is 4.84. The number of ether oxygens (including phenoxy) is 1. The molecule has 0 heterocycles. The Hall–Kier alpha value is -9.14. The maximum Gasteiger partial charge on any atom is 0.329 e. The first-order valence-electron chi connectivity index (χ1n) is 42.4. The molecular formula is C80H148N28O15S2. The van der Waals surface area contributed by atoms with Crippen molar-refractivity contribution in [1.29, 1.82) is 0 Å². The van der Waals surface area contributed by atoms with E-state index in [2.05, 4.69) is 110 Å². The fraction of sp³-hybridized carbons (Fsp3) is 0.650. The van der Waals surface area contributed by atoms with Gasteiger partial charge in [0.15, 0.2) is 0 Å². The Morgan fingerprint density at radius 2 is 0.560 bits per heavy atom. The zero-order valence-corrected chi connectivity index (χ0v) is 75.4. The zero-order valence-electron chi connectivity index (χ0n) is 73.8. The molecule has 2 aromatic carbocycles. The van der Waals surface area contributed by atoms with E-state index in [9.17, 15) is 67.1 Å². The van der Waals surface area contributed by atoms with Crippen LogP contribution in [0.2, 0.25) is 0 Å². The average Bonchev–Trinajstić information content (AvgIpc) is 0.883. The van der Waals surface area contributed by atoms with Gasteiger partial charge in [0.25, 0.3) is 5.91 Å². The van der Waals surface area contributed by atoms with E-state index in [0.717, 1.165) is 16.5 Å². The lowest BCUT2D eigenvalue weighted by atomic mass is 10.1.